The lowest BCUT2D eigenvalue weighted by Crippen LogP contribution is -2.46. The second-order valence-corrected chi connectivity index (χ2v) is 5.47. The van der Waals surface area contributed by atoms with E-state index >= 15 is 0 Å². The topological polar surface area (TPSA) is 75.4 Å². The van der Waals surface area contributed by atoms with E-state index in [0.29, 0.717) is 17.8 Å². The number of carbonyl (C=O) groups excluding carboxylic acids is 2. The first kappa shape index (κ1) is 15.4. The highest BCUT2D eigenvalue weighted by molar-refractivity contribution is 5.99. The summed E-state index contributed by atoms with van der Waals surface area (Å²) in [5.41, 5.74) is 7.94. The molecule has 2 amide bonds. The van der Waals surface area contributed by atoms with Crippen molar-refractivity contribution in [2.24, 2.45) is 0 Å². The average Bonchev–Trinajstić information content (AvgIpc) is 2.48. The minimum Gasteiger partial charge on any atom is -0.399 e. The second-order valence-electron chi connectivity index (χ2n) is 5.47. The summed E-state index contributed by atoms with van der Waals surface area (Å²) in [6, 6.07) is 5.58. The number of rotatable bonds is 5. The third-order valence-electron chi connectivity index (χ3n) is 3.99. The molecule has 0 fully saturated rings. The van der Waals surface area contributed by atoms with Gasteiger partial charge in [0, 0.05) is 23.8 Å². The van der Waals surface area contributed by atoms with Crippen molar-refractivity contribution in [2.45, 2.75) is 39.2 Å². The molecular weight excluding hydrogens is 266 g/mol. The van der Waals surface area contributed by atoms with Crippen LogP contribution in [0, 0.1) is 0 Å². The highest BCUT2D eigenvalue weighted by Gasteiger charge is 2.26. The molecule has 0 aliphatic carbocycles. The Morgan fingerprint density at radius 3 is 2.76 bits per heavy atom. The summed E-state index contributed by atoms with van der Waals surface area (Å²) in [5, 5.41) is 2.96. The fourth-order valence-electron chi connectivity index (χ4n) is 2.63. The van der Waals surface area contributed by atoms with Gasteiger partial charge in [0.15, 0.2) is 0 Å². The highest BCUT2D eigenvalue weighted by atomic mass is 16.2. The molecule has 1 aliphatic rings. The van der Waals surface area contributed by atoms with E-state index in [4.69, 9.17) is 5.73 Å². The van der Waals surface area contributed by atoms with Gasteiger partial charge in [-0.2, -0.15) is 0 Å². The molecule has 1 aromatic carbocycles. The smallest absolute Gasteiger partial charge is 0.254 e. The molecule has 0 spiro atoms. The van der Waals surface area contributed by atoms with Crippen LogP contribution in [0.2, 0.25) is 0 Å². The molecule has 1 aliphatic heterocycles. The molecule has 114 valence electrons. The fraction of sp³-hybridized carbons (Fsp3) is 0.500. The van der Waals surface area contributed by atoms with Gasteiger partial charge in [-0.15, -0.1) is 0 Å². The summed E-state index contributed by atoms with van der Waals surface area (Å²) in [4.78, 5) is 26.1. The number of fused-ring (bicyclic) bond motifs is 1. The zero-order valence-corrected chi connectivity index (χ0v) is 12.7. The maximum atomic E-state index is 12.4. The molecule has 1 aromatic rings. The van der Waals surface area contributed by atoms with Gasteiger partial charge in [-0.25, -0.2) is 0 Å². The minimum absolute atomic E-state index is 0.0931. The van der Waals surface area contributed by atoms with Gasteiger partial charge in [-0.3, -0.25) is 9.59 Å². The van der Waals surface area contributed by atoms with E-state index in [1.165, 1.54) is 0 Å². The Labute approximate surface area is 125 Å². The van der Waals surface area contributed by atoms with Crippen LogP contribution in [-0.4, -0.2) is 35.8 Å². The lowest BCUT2D eigenvalue weighted by molar-refractivity contribution is -0.122. The van der Waals surface area contributed by atoms with E-state index in [0.717, 1.165) is 24.8 Å². The van der Waals surface area contributed by atoms with E-state index in [9.17, 15) is 9.59 Å². The number of amides is 2. The van der Waals surface area contributed by atoms with Gasteiger partial charge in [0.1, 0.15) is 0 Å². The molecule has 5 nitrogen and oxygen atoms in total. The van der Waals surface area contributed by atoms with Gasteiger partial charge in [0.2, 0.25) is 5.91 Å². The SMILES string of the molecule is CCC(CC)NC(=O)CN1CCc2ccc(N)cc2C1=O. The standard InChI is InChI=1S/C16H23N3O2/c1-3-13(4-2)18-15(20)10-19-8-7-11-5-6-12(17)9-14(11)16(19)21/h5-6,9,13H,3-4,7-8,10,17H2,1-2H3,(H,18,20). The van der Waals surface area contributed by atoms with Crippen LogP contribution in [0.4, 0.5) is 5.69 Å². The third kappa shape index (κ3) is 3.54. The van der Waals surface area contributed by atoms with E-state index in [1.807, 2.05) is 26.0 Å². The van der Waals surface area contributed by atoms with Gasteiger partial charge in [-0.1, -0.05) is 19.9 Å². The molecular formula is C16H23N3O2. The first-order valence-corrected chi connectivity index (χ1v) is 7.52. The third-order valence-corrected chi connectivity index (χ3v) is 3.99. The molecule has 0 saturated carbocycles. The molecule has 0 aromatic heterocycles. The van der Waals surface area contributed by atoms with Crippen molar-refractivity contribution in [1.82, 2.24) is 10.2 Å². The highest BCUT2D eigenvalue weighted by Crippen LogP contribution is 2.21. The van der Waals surface area contributed by atoms with Gasteiger partial charge in [-0.05, 0) is 37.0 Å². The number of benzene rings is 1. The number of nitrogens with zero attached hydrogens (tertiary/aromatic N) is 1. The van der Waals surface area contributed by atoms with Crippen LogP contribution in [0.5, 0.6) is 0 Å². The van der Waals surface area contributed by atoms with Crippen molar-refractivity contribution in [1.29, 1.82) is 0 Å². The maximum absolute atomic E-state index is 12.4. The summed E-state index contributed by atoms with van der Waals surface area (Å²) >= 11 is 0. The maximum Gasteiger partial charge on any atom is 0.254 e. The number of nitrogens with one attached hydrogen (secondary N) is 1. The van der Waals surface area contributed by atoms with Crippen LogP contribution >= 0.6 is 0 Å². The van der Waals surface area contributed by atoms with Crippen molar-refractivity contribution in [3.05, 3.63) is 29.3 Å². The molecule has 21 heavy (non-hydrogen) atoms. The van der Waals surface area contributed by atoms with Crippen LogP contribution in [0.3, 0.4) is 0 Å². The Morgan fingerprint density at radius 1 is 1.38 bits per heavy atom. The van der Waals surface area contributed by atoms with Crippen molar-refractivity contribution in [2.75, 3.05) is 18.8 Å². The lowest BCUT2D eigenvalue weighted by Gasteiger charge is -2.28. The molecule has 0 unspecified atom stereocenters. The van der Waals surface area contributed by atoms with Crippen molar-refractivity contribution in [3.8, 4) is 0 Å². The van der Waals surface area contributed by atoms with Crippen LogP contribution in [0.15, 0.2) is 18.2 Å². The zero-order valence-electron chi connectivity index (χ0n) is 12.7. The molecule has 0 bridgehead atoms. The molecule has 0 atom stereocenters. The molecule has 1 heterocycles. The summed E-state index contributed by atoms with van der Waals surface area (Å²) < 4.78 is 0. The quantitative estimate of drug-likeness (QED) is 0.808. The number of carbonyl (C=O) groups is 2. The Hall–Kier alpha value is -2.04. The first-order valence-electron chi connectivity index (χ1n) is 7.52. The van der Waals surface area contributed by atoms with Gasteiger partial charge in [0.05, 0.1) is 6.54 Å². The Bertz CT molecular complexity index is 538. The molecule has 5 heteroatoms. The van der Waals surface area contributed by atoms with E-state index in [2.05, 4.69) is 5.32 Å². The second kappa shape index (κ2) is 6.61. The van der Waals surface area contributed by atoms with Crippen molar-refractivity contribution in [3.63, 3.8) is 0 Å². The molecule has 0 saturated heterocycles. The minimum atomic E-state index is -0.108. The van der Waals surface area contributed by atoms with Crippen molar-refractivity contribution < 1.29 is 9.59 Å². The summed E-state index contributed by atoms with van der Waals surface area (Å²) in [6.07, 6.45) is 2.56. The number of hydrogen-bond acceptors (Lipinski definition) is 3. The summed E-state index contributed by atoms with van der Waals surface area (Å²) in [7, 11) is 0. The van der Waals surface area contributed by atoms with Crippen LogP contribution in [0.1, 0.15) is 42.6 Å². The zero-order chi connectivity index (χ0) is 15.4. The molecule has 3 N–H and O–H groups in total. The lowest BCUT2D eigenvalue weighted by atomic mass is 9.98. The Morgan fingerprint density at radius 2 is 2.10 bits per heavy atom. The number of anilines is 1. The number of hydrogen-bond donors (Lipinski definition) is 2. The Balaban J connectivity index is 2.03. The Kier molecular flexibility index (Phi) is 4.83. The predicted octanol–water partition coefficient (Wildman–Crippen LogP) is 1.57. The summed E-state index contributed by atoms with van der Waals surface area (Å²) in [5.74, 6) is -0.201. The summed E-state index contributed by atoms with van der Waals surface area (Å²) in [6.45, 7) is 4.77. The predicted molar refractivity (Wildman–Crippen MR) is 83.0 cm³/mol. The normalized spacial score (nSPS) is 14.2. The molecule has 0 radical (unpaired) electrons. The number of nitrogen functional groups attached to an aromatic ring is 1. The van der Waals surface area contributed by atoms with Gasteiger partial charge < -0.3 is 16.0 Å². The van der Waals surface area contributed by atoms with E-state index in [1.54, 1.807) is 11.0 Å². The van der Waals surface area contributed by atoms with Crippen LogP contribution in [0.25, 0.3) is 0 Å². The van der Waals surface area contributed by atoms with Crippen molar-refractivity contribution >= 4 is 17.5 Å². The first-order chi connectivity index (χ1) is 10.0. The average molecular weight is 289 g/mol. The van der Waals surface area contributed by atoms with Crippen LogP contribution in [-0.2, 0) is 11.2 Å². The largest absolute Gasteiger partial charge is 0.399 e. The number of nitrogens with two attached hydrogens (primary N) is 1. The van der Waals surface area contributed by atoms with Crippen LogP contribution < -0.4 is 11.1 Å². The fourth-order valence-corrected chi connectivity index (χ4v) is 2.63. The van der Waals surface area contributed by atoms with Gasteiger partial charge in [0.25, 0.3) is 5.91 Å². The van der Waals surface area contributed by atoms with Gasteiger partial charge >= 0.3 is 0 Å². The van der Waals surface area contributed by atoms with E-state index in [-0.39, 0.29) is 24.4 Å². The molecule has 2 rings (SSSR count). The monoisotopic (exact) mass is 289 g/mol. The van der Waals surface area contributed by atoms with E-state index < -0.39 is 0 Å².